The Kier molecular flexibility index (Phi) is 2.27. The highest BCUT2D eigenvalue weighted by Gasteiger charge is 1.97. The summed E-state index contributed by atoms with van der Waals surface area (Å²) in [5.41, 5.74) is 1.04. The fourth-order valence-electron chi connectivity index (χ4n) is 0.673. The number of nitrogens with one attached hydrogen (secondary N) is 1. The summed E-state index contributed by atoms with van der Waals surface area (Å²) in [5.74, 6) is 0. The summed E-state index contributed by atoms with van der Waals surface area (Å²) in [6, 6.07) is 0. The van der Waals surface area contributed by atoms with Crippen LogP contribution < -0.4 is 5.32 Å². The van der Waals surface area contributed by atoms with Crippen LogP contribution in [0.15, 0.2) is 17.4 Å². The van der Waals surface area contributed by atoms with Crippen molar-refractivity contribution in [2.45, 2.75) is 0 Å². The summed E-state index contributed by atoms with van der Waals surface area (Å²) in [5, 5.41) is 3.03. The van der Waals surface area contributed by atoms with Crippen molar-refractivity contribution in [2.75, 3.05) is 20.3 Å². The van der Waals surface area contributed by atoms with Gasteiger partial charge in [0, 0.05) is 19.5 Å². The van der Waals surface area contributed by atoms with Gasteiger partial charge in [0.25, 0.3) is 0 Å². The molecule has 0 radical (unpaired) electrons. The minimum atomic E-state index is 0.622. The van der Waals surface area contributed by atoms with Crippen LogP contribution in [-0.4, -0.2) is 26.0 Å². The zero-order valence-corrected chi connectivity index (χ0v) is 5.42. The summed E-state index contributed by atoms with van der Waals surface area (Å²) in [6.07, 6.45) is 3.55. The lowest BCUT2D eigenvalue weighted by Gasteiger charge is -2.06. The number of hydrogen-bond acceptors (Lipinski definition) is 3. The molecule has 1 rings (SSSR count). The van der Waals surface area contributed by atoms with Crippen LogP contribution in [0.25, 0.3) is 0 Å². The number of methoxy groups -OCH3 is 1. The molecule has 0 saturated heterocycles. The highest BCUT2D eigenvalue weighted by molar-refractivity contribution is 5.88. The fraction of sp³-hybridized carbons (Fsp3) is 0.500. The molecule has 0 aromatic carbocycles. The Morgan fingerprint density at radius 1 is 1.89 bits per heavy atom. The molecule has 3 heteroatoms. The molecule has 0 aliphatic carbocycles. The van der Waals surface area contributed by atoms with Gasteiger partial charge < -0.3 is 10.1 Å². The lowest BCUT2D eigenvalue weighted by atomic mass is 10.4. The number of nitrogens with zero attached hydrogens (tertiary/aromatic N) is 1. The van der Waals surface area contributed by atoms with Gasteiger partial charge in [0.2, 0.25) is 0 Å². The monoisotopic (exact) mass is 126 g/mol. The topological polar surface area (TPSA) is 33.6 Å². The van der Waals surface area contributed by atoms with E-state index in [1.807, 2.05) is 6.20 Å². The maximum Gasteiger partial charge on any atom is 0.0862 e. The second-order valence-electron chi connectivity index (χ2n) is 1.82. The Labute approximate surface area is 54.4 Å². The fourth-order valence-corrected chi connectivity index (χ4v) is 0.673. The van der Waals surface area contributed by atoms with Crippen molar-refractivity contribution >= 4 is 5.71 Å². The molecule has 1 aliphatic heterocycles. The van der Waals surface area contributed by atoms with E-state index in [1.165, 1.54) is 0 Å². The Morgan fingerprint density at radius 2 is 2.78 bits per heavy atom. The van der Waals surface area contributed by atoms with Crippen LogP contribution in [0, 0.1) is 0 Å². The van der Waals surface area contributed by atoms with Crippen LogP contribution in [0.4, 0.5) is 0 Å². The summed E-state index contributed by atoms with van der Waals surface area (Å²) < 4.78 is 4.88. The molecule has 3 nitrogen and oxygen atoms in total. The van der Waals surface area contributed by atoms with Gasteiger partial charge >= 0.3 is 0 Å². The zero-order valence-electron chi connectivity index (χ0n) is 5.42. The molecule has 0 aromatic heterocycles. The first-order chi connectivity index (χ1) is 4.43. The van der Waals surface area contributed by atoms with Crippen molar-refractivity contribution in [1.82, 2.24) is 5.32 Å². The molecule has 0 amide bonds. The van der Waals surface area contributed by atoms with Crippen molar-refractivity contribution in [2.24, 2.45) is 4.99 Å². The summed E-state index contributed by atoms with van der Waals surface area (Å²) in [7, 11) is 1.67. The molecule has 1 heterocycles. The van der Waals surface area contributed by atoms with Crippen molar-refractivity contribution in [1.29, 1.82) is 0 Å². The van der Waals surface area contributed by atoms with Crippen LogP contribution in [0.2, 0.25) is 0 Å². The maximum atomic E-state index is 4.88. The van der Waals surface area contributed by atoms with Gasteiger partial charge in [-0.2, -0.15) is 0 Å². The van der Waals surface area contributed by atoms with Gasteiger partial charge in [-0.25, -0.2) is 0 Å². The van der Waals surface area contributed by atoms with Gasteiger partial charge in [0.15, 0.2) is 0 Å². The molecule has 9 heavy (non-hydrogen) atoms. The molecule has 0 aromatic rings. The van der Waals surface area contributed by atoms with E-state index >= 15 is 0 Å². The van der Waals surface area contributed by atoms with Gasteiger partial charge in [-0.3, -0.25) is 4.99 Å². The lowest BCUT2D eigenvalue weighted by molar-refractivity contribution is 0.244. The first-order valence-corrected chi connectivity index (χ1v) is 2.86. The summed E-state index contributed by atoms with van der Waals surface area (Å²) in [6.45, 7) is 1.43. The standard InChI is InChI=1S/C6H10N2O/c1-9-5-6-4-7-2-3-8-6/h2-3,7H,4-5H2,1H3. The summed E-state index contributed by atoms with van der Waals surface area (Å²) >= 11 is 0. The lowest BCUT2D eigenvalue weighted by Crippen LogP contribution is -2.24. The highest BCUT2D eigenvalue weighted by Crippen LogP contribution is 1.86. The smallest absolute Gasteiger partial charge is 0.0862 e. The van der Waals surface area contributed by atoms with E-state index in [-0.39, 0.29) is 0 Å². The van der Waals surface area contributed by atoms with E-state index in [4.69, 9.17) is 4.74 Å². The predicted octanol–water partition coefficient (Wildman–Crippen LogP) is 0.148. The van der Waals surface area contributed by atoms with Gasteiger partial charge in [-0.1, -0.05) is 0 Å². The van der Waals surface area contributed by atoms with Crippen molar-refractivity contribution in [3.05, 3.63) is 12.4 Å². The van der Waals surface area contributed by atoms with Crippen LogP contribution in [0.5, 0.6) is 0 Å². The largest absolute Gasteiger partial charge is 0.384 e. The molecule has 50 valence electrons. The molecule has 0 bridgehead atoms. The number of aliphatic imine (C=N–C) groups is 1. The first-order valence-electron chi connectivity index (χ1n) is 2.86. The second-order valence-corrected chi connectivity index (χ2v) is 1.82. The molecule has 0 unspecified atom stereocenters. The third kappa shape index (κ3) is 1.85. The van der Waals surface area contributed by atoms with Crippen LogP contribution in [-0.2, 0) is 4.74 Å². The van der Waals surface area contributed by atoms with E-state index in [1.54, 1.807) is 13.3 Å². The quantitative estimate of drug-likeness (QED) is 0.571. The molecular formula is C6H10N2O. The van der Waals surface area contributed by atoms with Gasteiger partial charge in [0.1, 0.15) is 0 Å². The van der Waals surface area contributed by atoms with Crippen LogP contribution in [0.3, 0.4) is 0 Å². The third-order valence-corrected chi connectivity index (χ3v) is 1.07. The first kappa shape index (κ1) is 6.29. The Morgan fingerprint density at radius 3 is 3.33 bits per heavy atom. The van der Waals surface area contributed by atoms with Gasteiger partial charge in [-0.15, -0.1) is 0 Å². The number of ether oxygens (including phenoxy) is 1. The van der Waals surface area contributed by atoms with Crippen molar-refractivity contribution in [3.8, 4) is 0 Å². The van der Waals surface area contributed by atoms with Gasteiger partial charge in [-0.05, 0) is 0 Å². The van der Waals surface area contributed by atoms with Crippen LogP contribution >= 0.6 is 0 Å². The van der Waals surface area contributed by atoms with E-state index in [0.717, 1.165) is 12.3 Å². The van der Waals surface area contributed by atoms with Crippen LogP contribution in [0.1, 0.15) is 0 Å². The average molecular weight is 126 g/mol. The minimum absolute atomic E-state index is 0.622. The van der Waals surface area contributed by atoms with E-state index < -0.39 is 0 Å². The molecular weight excluding hydrogens is 116 g/mol. The molecule has 0 saturated carbocycles. The molecule has 0 fully saturated rings. The van der Waals surface area contributed by atoms with Gasteiger partial charge in [0.05, 0.1) is 18.9 Å². The Hall–Kier alpha value is -0.830. The zero-order chi connectivity index (χ0) is 6.53. The summed E-state index contributed by atoms with van der Waals surface area (Å²) in [4.78, 5) is 4.07. The molecule has 0 spiro atoms. The predicted molar refractivity (Wildman–Crippen MR) is 36.5 cm³/mol. The molecule has 1 aliphatic rings. The van der Waals surface area contributed by atoms with E-state index in [2.05, 4.69) is 10.3 Å². The van der Waals surface area contributed by atoms with E-state index in [0.29, 0.717) is 6.61 Å². The second kappa shape index (κ2) is 3.25. The minimum Gasteiger partial charge on any atom is -0.384 e. The molecule has 1 N–H and O–H groups in total. The highest BCUT2D eigenvalue weighted by atomic mass is 16.5. The van der Waals surface area contributed by atoms with E-state index in [9.17, 15) is 0 Å². The third-order valence-electron chi connectivity index (χ3n) is 1.07. The number of rotatable bonds is 2. The normalized spacial score (nSPS) is 16.8. The Balaban J connectivity index is 2.38. The number of hydrogen-bond donors (Lipinski definition) is 1. The SMILES string of the molecule is COCC1=NC=CNC1. The average Bonchev–Trinajstić information content (AvgIpc) is 1.91. The van der Waals surface area contributed by atoms with Crippen molar-refractivity contribution < 1.29 is 4.74 Å². The van der Waals surface area contributed by atoms with Crippen molar-refractivity contribution in [3.63, 3.8) is 0 Å². The molecule has 0 atom stereocenters. The Bertz CT molecular complexity index is 140. The maximum absolute atomic E-state index is 4.88.